The van der Waals surface area contributed by atoms with Crippen LogP contribution in [0.4, 0.5) is 24.7 Å². The van der Waals surface area contributed by atoms with Gasteiger partial charge >= 0.3 is 6.18 Å². The Kier molecular flexibility index (Phi) is 8.62. The van der Waals surface area contributed by atoms with Crippen LogP contribution >= 0.6 is 13.5 Å². The molecular weight excluding hydrogens is 499 g/mol. The van der Waals surface area contributed by atoms with Gasteiger partial charge in [0.05, 0.1) is 32.0 Å². The lowest BCUT2D eigenvalue weighted by Gasteiger charge is -2.31. The Morgan fingerprint density at radius 3 is 2.36 bits per heavy atom. The number of carbonyl (C=O) groups is 2. The number of ether oxygens (including phenoxy) is 2. The van der Waals surface area contributed by atoms with Crippen LogP contribution in [0, 0.1) is 0 Å². The predicted molar refractivity (Wildman–Crippen MR) is 132 cm³/mol. The highest BCUT2D eigenvalue weighted by Crippen LogP contribution is 2.37. The first kappa shape index (κ1) is 28.5. The van der Waals surface area contributed by atoms with E-state index in [-0.39, 0.29) is 50.6 Å². The number of hydrogen-bond acceptors (Lipinski definition) is 6. The Labute approximate surface area is 212 Å². The number of halogens is 3. The molecule has 2 amide bonds. The molecule has 3 aromatic rings. The molecule has 1 aliphatic heterocycles. The van der Waals surface area contributed by atoms with E-state index >= 15 is 0 Å². The molecule has 0 unspecified atom stereocenters. The van der Waals surface area contributed by atoms with E-state index in [1.807, 2.05) is 0 Å². The minimum absolute atomic E-state index is 0. The monoisotopic (exact) mass is 525 g/mol. The lowest BCUT2D eigenvalue weighted by atomic mass is 10.1. The maximum absolute atomic E-state index is 13.3. The summed E-state index contributed by atoms with van der Waals surface area (Å²) in [7, 11) is 2.59. The largest absolute Gasteiger partial charge is 0.497 e. The number of anilines is 2. The van der Waals surface area contributed by atoms with Crippen LogP contribution < -0.4 is 19.7 Å². The summed E-state index contributed by atoms with van der Waals surface area (Å²) in [5.74, 6) is -1.26. The molecule has 0 radical (unpaired) electrons. The van der Waals surface area contributed by atoms with Crippen LogP contribution in [0.1, 0.15) is 46.8 Å². The SMILES string of the molecule is C.COc1ccc(NC(=O)c2cnn3c2C(=O)N(c2ccc(C(F)(F)F)c(OC)n2)C[C@@H]3C)cc1.S. The molecule has 0 saturated carbocycles. The molecule has 3 heterocycles. The summed E-state index contributed by atoms with van der Waals surface area (Å²) in [5, 5.41) is 6.88. The number of amides is 2. The van der Waals surface area contributed by atoms with Crippen molar-refractivity contribution in [2.45, 2.75) is 26.6 Å². The first-order valence-corrected chi connectivity index (χ1v) is 10.1. The maximum Gasteiger partial charge on any atom is 0.421 e. The van der Waals surface area contributed by atoms with Crippen molar-refractivity contribution in [3.8, 4) is 11.6 Å². The fraction of sp³-hybridized carbons (Fsp3) is 0.304. The highest BCUT2D eigenvalue weighted by molar-refractivity contribution is 7.59. The van der Waals surface area contributed by atoms with Crippen LogP contribution in [0.3, 0.4) is 0 Å². The summed E-state index contributed by atoms with van der Waals surface area (Å²) in [6, 6.07) is 8.15. The van der Waals surface area contributed by atoms with Crippen LogP contribution in [0.2, 0.25) is 0 Å². The number of rotatable bonds is 5. The van der Waals surface area contributed by atoms with Crippen molar-refractivity contribution >= 4 is 36.8 Å². The van der Waals surface area contributed by atoms with E-state index in [9.17, 15) is 22.8 Å². The Morgan fingerprint density at radius 1 is 1.11 bits per heavy atom. The number of nitrogens with zero attached hydrogens (tertiary/aromatic N) is 4. The summed E-state index contributed by atoms with van der Waals surface area (Å²) in [5.41, 5.74) is -0.546. The highest BCUT2D eigenvalue weighted by Gasteiger charge is 2.38. The number of fused-ring (bicyclic) bond motifs is 1. The van der Waals surface area contributed by atoms with Crippen LogP contribution in [-0.4, -0.2) is 47.3 Å². The van der Waals surface area contributed by atoms with Gasteiger partial charge < -0.3 is 14.8 Å². The molecule has 0 spiro atoms. The van der Waals surface area contributed by atoms with Gasteiger partial charge in [0.25, 0.3) is 11.8 Å². The van der Waals surface area contributed by atoms with E-state index in [0.717, 1.165) is 19.2 Å². The summed E-state index contributed by atoms with van der Waals surface area (Å²) in [6.07, 6.45) is -3.38. The highest BCUT2D eigenvalue weighted by atomic mass is 32.1. The molecule has 36 heavy (non-hydrogen) atoms. The average Bonchev–Trinajstić information content (AvgIpc) is 3.27. The number of aromatic nitrogens is 3. The molecule has 194 valence electrons. The molecule has 1 N–H and O–H groups in total. The summed E-state index contributed by atoms with van der Waals surface area (Å²) >= 11 is 0. The fourth-order valence-electron chi connectivity index (χ4n) is 3.65. The third-order valence-corrected chi connectivity index (χ3v) is 5.32. The molecule has 0 fully saturated rings. The first-order valence-electron chi connectivity index (χ1n) is 10.1. The van der Waals surface area contributed by atoms with E-state index in [1.165, 1.54) is 22.9 Å². The Hall–Kier alpha value is -3.74. The van der Waals surface area contributed by atoms with Crippen LogP contribution in [0.25, 0.3) is 0 Å². The second-order valence-corrected chi connectivity index (χ2v) is 7.52. The van der Waals surface area contributed by atoms with Crippen molar-refractivity contribution < 1.29 is 32.2 Å². The fourth-order valence-corrected chi connectivity index (χ4v) is 3.65. The molecule has 2 aromatic heterocycles. The second kappa shape index (κ2) is 10.9. The van der Waals surface area contributed by atoms with Crippen LogP contribution in [0.15, 0.2) is 42.6 Å². The summed E-state index contributed by atoms with van der Waals surface area (Å²) in [4.78, 5) is 31.4. The number of alkyl halides is 3. The van der Waals surface area contributed by atoms with Crippen molar-refractivity contribution in [1.82, 2.24) is 14.8 Å². The van der Waals surface area contributed by atoms with E-state index in [1.54, 1.807) is 31.2 Å². The van der Waals surface area contributed by atoms with Crippen LogP contribution in [-0.2, 0) is 6.18 Å². The van der Waals surface area contributed by atoms with Gasteiger partial charge in [-0.25, -0.2) is 0 Å². The van der Waals surface area contributed by atoms with Gasteiger partial charge in [0.2, 0.25) is 5.88 Å². The number of hydrogen-bond donors (Lipinski definition) is 1. The number of benzene rings is 1. The second-order valence-electron chi connectivity index (χ2n) is 7.52. The molecule has 4 rings (SSSR count). The Bertz CT molecular complexity index is 1250. The molecule has 1 aromatic carbocycles. The lowest BCUT2D eigenvalue weighted by molar-refractivity contribution is -0.139. The van der Waals surface area contributed by atoms with Crippen molar-refractivity contribution in [2.75, 3.05) is 31.0 Å². The van der Waals surface area contributed by atoms with Gasteiger partial charge in [-0.3, -0.25) is 19.2 Å². The van der Waals surface area contributed by atoms with Crippen molar-refractivity contribution in [2.24, 2.45) is 0 Å². The van der Waals surface area contributed by atoms with Gasteiger partial charge in [-0.05, 0) is 43.3 Å². The molecule has 0 saturated heterocycles. The zero-order chi connectivity index (χ0) is 24.6. The minimum atomic E-state index is -4.67. The molecule has 0 bridgehead atoms. The standard InChI is InChI=1S/C22H20F3N5O4.CH4.H2S/c1-12-11-29(17-9-8-16(22(23,24)25)20(28-17)34-3)21(32)18-15(10-26-30(12)18)19(31)27-13-4-6-14(33-2)7-5-13;;/h4-10,12H,11H2,1-3H3,(H,27,31);1H4;1H2/t12-;;/m0../s1. The lowest BCUT2D eigenvalue weighted by Crippen LogP contribution is -2.44. The molecule has 9 nitrogen and oxygen atoms in total. The van der Waals surface area contributed by atoms with Crippen LogP contribution in [0.5, 0.6) is 11.6 Å². The molecule has 1 atom stereocenters. The Balaban J connectivity index is 0.00000228. The molecular formula is C23H26F3N5O4S. The van der Waals surface area contributed by atoms with Crippen molar-refractivity contribution in [1.29, 1.82) is 0 Å². The van der Waals surface area contributed by atoms with Gasteiger partial charge in [-0.15, -0.1) is 0 Å². The zero-order valence-electron chi connectivity index (χ0n) is 18.9. The number of carbonyl (C=O) groups excluding carboxylic acids is 2. The van der Waals surface area contributed by atoms with Gasteiger partial charge in [0.15, 0.2) is 0 Å². The smallest absolute Gasteiger partial charge is 0.421 e. The van der Waals surface area contributed by atoms with Gasteiger partial charge in [-0.1, -0.05) is 7.43 Å². The van der Waals surface area contributed by atoms with E-state index < -0.39 is 29.4 Å². The zero-order valence-corrected chi connectivity index (χ0v) is 19.9. The number of nitrogens with one attached hydrogen (secondary N) is 1. The average molecular weight is 526 g/mol. The third kappa shape index (κ3) is 5.25. The topological polar surface area (TPSA) is 98.6 Å². The summed E-state index contributed by atoms with van der Waals surface area (Å²) in [6.45, 7) is 1.86. The number of methoxy groups -OCH3 is 2. The molecule has 1 aliphatic rings. The van der Waals surface area contributed by atoms with Gasteiger partial charge in [-0.2, -0.15) is 36.7 Å². The van der Waals surface area contributed by atoms with E-state index in [0.29, 0.717) is 11.4 Å². The Morgan fingerprint density at radius 2 is 1.78 bits per heavy atom. The van der Waals surface area contributed by atoms with Crippen molar-refractivity contribution in [3.05, 3.63) is 59.4 Å². The van der Waals surface area contributed by atoms with Crippen molar-refractivity contribution in [3.63, 3.8) is 0 Å². The normalized spacial score (nSPS) is 14.8. The first-order chi connectivity index (χ1) is 16.1. The van der Waals surface area contributed by atoms with Gasteiger partial charge in [0, 0.05) is 12.2 Å². The van der Waals surface area contributed by atoms with E-state index in [2.05, 4.69) is 15.4 Å². The van der Waals surface area contributed by atoms with Gasteiger partial charge in [0.1, 0.15) is 22.8 Å². The van der Waals surface area contributed by atoms with E-state index in [4.69, 9.17) is 9.47 Å². The third-order valence-electron chi connectivity index (χ3n) is 5.32. The summed E-state index contributed by atoms with van der Waals surface area (Å²) < 4.78 is 50.9. The maximum atomic E-state index is 13.3. The number of pyridine rings is 1. The quantitative estimate of drug-likeness (QED) is 0.525. The predicted octanol–water partition coefficient (Wildman–Crippen LogP) is 4.54. The minimum Gasteiger partial charge on any atom is -0.497 e. The molecule has 0 aliphatic carbocycles. The molecule has 13 heteroatoms.